The van der Waals surface area contributed by atoms with E-state index in [1.165, 1.54) is 18.3 Å². The lowest BCUT2D eigenvalue weighted by Crippen LogP contribution is -2.36. The average Bonchev–Trinajstić information content (AvgIpc) is 3.11. The van der Waals surface area contributed by atoms with Gasteiger partial charge in [-0.25, -0.2) is 9.18 Å². The van der Waals surface area contributed by atoms with E-state index in [0.29, 0.717) is 42.6 Å². The van der Waals surface area contributed by atoms with E-state index in [9.17, 15) is 14.0 Å². The lowest BCUT2D eigenvalue weighted by molar-refractivity contribution is -0.124. The molecule has 2 aromatic rings. The highest BCUT2D eigenvalue weighted by Gasteiger charge is 2.16. The highest BCUT2D eigenvalue weighted by molar-refractivity contribution is 6.30. The molecule has 0 aliphatic carbocycles. The molecule has 0 saturated carbocycles. The summed E-state index contributed by atoms with van der Waals surface area (Å²) >= 11 is 5.70. The van der Waals surface area contributed by atoms with E-state index in [2.05, 4.69) is 10.3 Å². The fourth-order valence-corrected chi connectivity index (χ4v) is 2.83. The van der Waals surface area contributed by atoms with Gasteiger partial charge in [0.1, 0.15) is 11.5 Å². The largest absolute Gasteiger partial charge is 0.451 e. The van der Waals surface area contributed by atoms with Crippen molar-refractivity contribution in [1.29, 1.82) is 0 Å². The second-order valence-corrected chi connectivity index (χ2v) is 6.41. The first-order valence-corrected chi connectivity index (χ1v) is 8.79. The number of aromatic nitrogens is 1. The van der Waals surface area contributed by atoms with Crippen LogP contribution in [0.3, 0.4) is 0 Å². The van der Waals surface area contributed by atoms with Gasteiger partial charge in [-0.05, 0) is 23.8 Å². The number of halogens is 2. The summed E-state index contributed by atoms with van der Waals surface area (Å²) in [6, 6.07) is 6.23. The van der Waals surface area contributed by atoms with Crippen LogP contribution in [0.25, 0.3) is 0 Å². The Labute approximate surface area is 160 Å². The van der Waals surface area contributed by atoms with Gasteiger partial charge in [0.15, 0.2) is 6.61 Å². The zero-order valence-electron chi connectivity index (χ0n) is 14.5. The number of carbonyl (C=O) groups excluding carboxylic acids is 2. The van der Waals surface area contributed by atoms with Crippen LogP contribution < -0.4 is 10.2 Å². The van der Waals surface area contributed by atoms with E-state index in [1.807, 2.05) is 4.90 Å². The molecule has 1 amide bonds. The Hall–Kier alpha value is -2.58. The van der Waals surface area contributed by atoms with E-state index in [-0.39, 0.29) is 18.1 Å². The number of amides is 1. The summed E-state index contributed by atoms with van der Waals surface area (Å²) in [5, 5.41) is 2.95. The number of aromatic amines is 1. The number of nitrogens with zero attached hydrogens (tertiary/aromatic N) is 1. The molecule has 0 spiro atoms. The monoisotopic (exact) mass is 395 g/mol. The standard InChI is InChI=1S/C18H19ClFN3O4/c19-13-8-15(21-10-13)18(25)27-11-17(24)22-9-12-1-2-16(14(20)7-12)23-3-5-26-6-4-23/h1-2,7-8,10,21H,3-6,9,11H2,(H,22,24). The number of nitrogens with one attached hydrogen (secondary N) is 2. The third kappa shape index (κ3) is 5.21. The van der Waals surface area contributed by atoms with Gasteiger partial charge in [0.05, 0.1) is 23.9 Å². The van der Waals surface area contributed by atoms with Crippen molar-refractivity contribution in [2.75, 3.05) is 37.8 Å². The molecule has 9 heteroatoms. The molecule has 2 N–H and O–H groups in total. The highest BCUT2D eigenvalue weighted by atomic mass is 35.5. The van der Waals surface area contributed by atoms with E-state index < -0.39 is 18.5 Å². The van der Waals surface area contributed by atoms with Gasteiger partial charge in [0.25, 0.3) is 5.91 Å². The van der Waals surface area contributed by atoms with Gasteiger partial charge in [-0.2, -0.15) is 0 Å². The summed E-state index contributed by atoms with van der Waals surface area (Å²) in [6.45, 7) is 2.12. The second kappa shape index (κ2) is 8.88. The molecule has 2 heterocycles. The molecule has 7 nitrogen and oxygen atoms in total. The molecule has 0 bridgehead atoms. The lowest BCUT2D eigenvalue weighted by atomic mass is 10.1. The number of hydrogen-bond acceptors (Lipinski definition) is 5. The first-order chi connectivity index (χ1) is 13.0. The molecule has 3 rings (SSSR count). The predicted molar refractivity (Wildman–Crippen MR) is 97.4 cm³/mol. The Bertz CT molecular complexity index is 821. The van der Waals surface area contributed by atoms with Gasteiger partial charge < -0.3 is 24.7 Å². The number of rotatable bonds is 6. The maximum absolute atomic E-state index is 14.3. The van der Waals surface area contributed by atoms with Gasteiger partial charge in [0, 0.05) is 25.8 Å². The summed E-state index contributed by atoms with van der Waals surface area (Å²) < 4.78 is 24.5. The summed E-state index contributed by atoms with van der Waals surface area (Å²) in [5.41, 5.74) is 1.29. The van der Waals surface area contributed by atoms with Crippen LogP contribution in [0.2, 0.25) is 5.02 Å². The Morgan fingerprint density at radius 1 is 1.30 bits per heavy atom. The topological polar surface area (TPSA) is 83.7 Å². The van der Waals surface area contributed by atoms with Crippen molar-refractivity contribution in [3.05, 3.63) is 52.6 Å². The van der Waals surface area contributed by atoms with Crippen LogP contribution in [0, 0.1) is 5.82 Å². The molecule has 0 atom stereocenters. The van der Waals surface area contributed by atoms with Crippen molar-refractivity contribution < 1.29 is 23.5 Å². The number of benzene rings is 1. The van der Waals surface area contributed by atoms with Crippen LogP contribution in [-0.4, -0.2) is 49.8 Å². The maximum atomic E-state index is 14.3. The van der Waals surface area contributed by atoms with E-state index >= 15 is 0 Å². The highest BCUT2D eigenvalue weighted by Crippen LogP contribution is 2.21. The van der Waals surface area contributed by atoms with E-state index in [1.54, 1.807) is 12.1 Å². The molecule has 1 fully saturated rings. The summed E-state index contributed by atoms with van der Waals surface area (Å²) in [5.74, 6) is -1.52. The molecule has 0 unspecified atom stereocenters. The van der Waals surface area contributed by atoms with Crippen LogP contribution in [0.1, 0.15) is 16.1 Å². The molecule has 144 valence electrons. The smallest absolute Gasteiger partial charge is 0.355 e. The second-order valence-electron chi connectivity index (χ2n) is 5.97. The molecule has 1 aliphatic rings. The minimum absolute atomic E-state index is 0.130. The zero-order chi connectivity index (χ0) is 19.2. The minimum atomic E-state index is -0.682. The lowest BCUT2D eigenvalue weighted by Gasteiger charge is -2.29. The molecule has 1 aliphatic heterocycles. The number of hydrogen-bond donors (Lipinski definition) is 2. The van der Waals surface area contributed by atoms with E-state index in [4.69, 9.17) is 21.1 Å². The van der Waals surface area contributed by atoms with Gasteiger partial charge in [-0.15, -0.1) is 0 Å². The van der Waals surface area contributed by atoms with Crippen LogP contribution in [-0.2, 0) is 20.8 Å². The number of ether oxygens (including phenoxy) is 2. The molecule has 1 saturated heterocycles. The van der Waals surface area contributed by atoms with Crippen LogP contribution >= 0.6 is 11.6 Å². The Kier molecular flexibility index (Phi) is 6.31. The van der Waals surface area contributed by atoms with Crippen molar-refractivity contribution in [2.24, 2.45) is 0 Å². The minimum Gasteiger partial charge on any atom is -0.451 e. The number of H-pyrrole nitrogens is 1. The van der Waals surface area contributed by atoms with Gasteiger partial charge >= 0.3 is 5.97 Å². The Balaban J connectivity index is 1.47. The molecule has 27 heavy (non-hydrogen) atoms. The van der Waals surface area contributed by atoms with Crippen LogP contribution in [0.15, 0.2) is 30.5 Å². The van der Waals surface area contributed by atoms with Gasteiger partial charge in [-0.1, -0.05) is 17.7 Å². The summed E-state index contributed by atoms with van der Waals surface area (Å²) in [6.07, 6.45) is 1.44. The normalized spacial score (nSPS) is 14.1. The fourth-order valence-electron chi connectivity index (χ4n) is 2.67. The molecule has 0 radical (unpaired) electrons. The van der Waals surface area contributed by atoms with Crippen molar-refractivity contribution in [3.8, 4) is 0 Å². The number of esters is 1. The van der Waals surface area contributed by atoms with Crippen molar-refractivity contribution in [3.63, 3.8) is 0 Å². The SMILES string of the molecule is O=C(COC(=O)c1cc(Cl)c[nH]1)NCc1ccc(N2CCOCC2)c(F)c1. The van der Waals surface area contributed by atoms with Crippen LogP contribution in [0.4, 0.5) is 10.1 Å². The summed E-state index contributed by atoms with van der Waals surface area (Å²) in [4.78, 5) is 28.1. The Morgan fingerprint density at radius 2 is 2.07 bits per heavy atom. The predicted octanol–water partition coefficient (Wildman–Crippen LogP) is 2.12. The third-order valence-electron chi connectivity index (χ3n) is 4.06. The summed E-state index contributed by atoms with van der Waals surface area (Å²) in [7, 11) is 0. The molecular weight excluding hydrogens is 377 g/mol. The number of morpholine rings is 1. The number of anilines is 1. The van der Waals surface area contributed by atoms with Crippen molar-refractivity contribution in [1.82, 2.24) is 10.3 Å². The molecule has 1 aromatic heterocycles. The molecule has 1 aromatic carbocycles. The molecular formula is C18H19ClFN3O4. The van der Waals surface area contributed by atoms with Crippen LogP contribution in [0.5, 0.6) is 0 Å². The van der Waals surface area contributed by atoms with E-state index in [0.717, 1.165) is 0 Å². The fraction of sp³-hybridized carbons (Fsp3) is 0.333. The quantitative estimate of drug-likeness (QED) is 0.732. The van der Waals surface area contributed by atoms with Gasteiger partial charge in [-0.3, -0.25) is 4.79 Å². The first kappa shape index (κ1) is 19.2. The maximum Gasteiger partial charge on any atom is 0.355 e. The van der Waals surface area contributed by atoms with Crippen molar-refractivity contribution in [2.45, 2.75) is 6.54 Å². The van der Waals surface area contributed by atoms with Crippen molar-refractivity contribution >= 4 is 29.2 Å². The first-order valence-electron chi connectivity index (χ1n) is 8.42. The number of carbonyl (C=O) groups is 2. The Morgan fingerprint density at radius 3 is 2.74 bits per heavy atom. The third-order valence-corrected chi connectivity index (χ3v) is 4.27. The zero-order valence-corrected chi connectivity index (χ0v) is 15.2. The average molecular weight is 396 g/mol. The van der Waals surface area contributed by atoms with Gasteiger partial charge in [0.2, 0.25) is 0 Å².